The van der Waals surface area contributed by atoms with Crippen LogP contribution < -0.4 is 5.32 Å². The van der Waals surface area contributed by atoms with E-state index >= 15 is 0 Å². The van der Waals surface area contributed by atoms with Crippen LogP contribution in [0.15, 0.2) is 0 Å². The molecule has 0 amide bonds. The predicted octanol–water partition coefficient (Wildman–Crippen LogP) is 4.62. The highest BCUT2D eigenvalue weighted by atomic mass is 14.8. The van der Waals surface area contributed by atoms with E-state index in [1.165, 1.54) is 58.0 Å². The summed E-state index contributed by atoms with van der Waals surface area (Å²) in [5, 5.41) is 3.53. The molecule has 0 unspecified atom stereocenters. The van der Waals surface area contributed by atoms with E-state index in [-0.39, 0.29) is 0 Å². The first-order valence-corrected chi connectivity index (χ1v) is 7.33. The Kier molecular flexibility index (Phi) is 11.4. The molecular formula is C15H33N. The molecule has 0 aliphatic carbocycles. The zero-order chi connectivity index (χ0) is 12.2. The summed E-state index contributed by atoms with van der Waals surface area (Å²) in [6.07, 6.45) is 9.79. The van der Waals surface area contributed by atoms with Gasteiger partial charge in [0.25, 0.3) is 0 Å². The summed E-state index contributed by atoms with van der Waals surface area (Å²) < 4.78 is 0. The zero-order valence-corrected chi connectivity index (χ0v) is 12.0. The van der Waals surface area contributed by atoms with Crippen molar-refractivity contribution in [1.82, 2.24) is 5.32 Å². The lowest BCUT2D eigenvalue weighted by molar-refractivity contribution is 0.499. The van der Waals surface area contributed by atoms with E-state index in [1.54, 1.807) is 0 Å². The summed E-state index contributed by atoms with van der Waals surface area (Å²) in [7, 11) is 0. The molecule has 0 aromatic rings. The molecule has 0 rings (SSSR count). The topological polar surface area (TPSA) is 12.0 Å². The van der Waals surface area contributed by atoms with Gasteiger partial charge in [0.1, 0.15) is 0 Å². The van der Waals surface area contributed by atoms with Gasteiger partial charge in [0, 0.05) is 0 Å². The molecule has 16 heavy (non-hydrogen) atoms. The van der Waals surface area contributed by atoms with Crippen LogP contribution in [0.1, 0.15) is 72.6 Å². The molecule has 0 radical (unpaired) electrons. The van der Waals surface area contributed by atoms with Gasteiger partial charge in [-0.25, -0.2) is 0 Å². The highest BCUT2D eigenvalue weighted by Gasteiger charge is 1.95. The van der Waals surface area contributed by atoms with Gasteiger partial charge in [-0.15, -0.1) is 0 Å². The molecule has 1 heteroatoms. The Balaban J connectivity index is 2.93. The van der Waals surface area contributed by atoms with Crippen molar-refractivity contribution in [2.45, 2.75) is 72.6 Å². The van der Waals surface area contributed by atoms with Crippen LogP contribution >= 0.6 is 0 Å². The second-order valence-electron chi connectivity index (χ2n) is 5.88. The SMILES string of the molecule is CC(C)CCCCCCCNCCC(C)C. The lowest BCUT2D eigenvalue weighted by atomic mass is 10.0. The molecule has 0 atom stereocenters. The lowest BCUT2D eigenvalue weighted by Gasteiger charge is -2.07. The van der Waals surface area contributed by atoms with Crippen LogP contribution in [0.3, 0.4) is 0 Å². The summed E-state index contributed by atoms with van der Waals surface area (Å²) in [5.74, 6) is 1.72. The number of hydrogen-bond acceptors (Lipinski definition) is 1. The summed E-state index contributed by atoms with van der Waals surface area (Å²) in [5.41, 5.74) is 0. The number of rotatable bonds is 11. The Bertz CT molecular complexity index is 113. The van der Waals surface area contributed by atoms with Crippen LogP contribution in [0.25, 0.3) is 0 Å². The molecule has 0 fully saturated rings. The van der Waals surface area contributed by atoms with E-state index < -0.39 is 0 Å². The van der Waals surface area contributed by atoms with Crippen molar-refractivity contribution >= 4 is 0 Å². The third-order valence-electron chi connectivity index (χ3n) is 3.03. The number of nitrogens with one attached hydrogen (secondary N) is 1. The quantitative estimate of drug-likeness (QED) is 0.508. The second kappa shape index (κ2) is 11.4. The number of unbranched alkanes of at least 4 members (excludes halogenated alkanes) is 4. The third kappa shape index (κ3) is 14.0. The summed E-state index contributed by atoms with van der Waals surface area (Å²) >= 11 is 0. The maximum absolute atomic E-state index is 3.53. The molecular weight excluding hydrogens is 194 g/mol. The van der Waals surface area contributed by atoms with Crippen molar-refractivity contribution in [3.63, 3.8) is 0 Å². The fourth-order valence-electron chi connectivity index (χ4n) is 1.85. The van der Waals surface area contributed by atoms with Gasteiger partial charge < -0.3 is 5.32 Å². The molecule has 0 saturated heterocycles. The minimum atomic E-state index is 0.837. The fourth-order valence-corrected chi connectivity index (χ4v) is 1.85. The maximum Gasteiger partial charge on any atom is -0.00465 e. The second-order valence-corrected chi connectivity index (χ2v) is 5.88. The Morgan fingerprint density at radius 1 is 0.625 bits per heavy atom. The average Bonchev–Trinajstić information content (AvgIpc) is 2.20. The predicted molar refractivity (Wildman–Crippen MR) is 74.9 cm³/mol. The van der Waals surface area contributed by atoms with E-state index in [4.69, 9.17) is 0 Å². The van der Waals surface area contributed by atoms with Crippen LogP contribution in [0, 0.1) is 11.8 Å². The molecule has 1 N–H and O–H groups in total. The fraction of sp³-hybridized carbons (Fsp3) is 1.00. The van der Waals surface area contributed by atoms with Crippen LogP contribution in [0.2, 0.25) is 0 Å². The summed E-state index contributed by atoms with van der Waals surface area (Å²) in [4.78, 5) is 0. The average molecular weight is 227 g/mol. The van der Waals surface area contributed by atoms with Gasteiger partial charge in [-0.05, 0) is 37.8 Å². The van der Waals surface area contributed by atoms with Gasteiger partial charge in [0.2, 0.25) is 0 Å². The van der Waals surface area contributed by atoms with Gasteiger partial charge >= 0.3 is 0 Å². The molecule has 0 spiro atoms. The van der Waals surface area contributed by atoms with Gasteiger partial charge in [0.15, 0.2) is 0 Å². The molecule has 0 aliphatic rings. The Morgan fingerprint density at radius 3 is 1.81 bits per heavy atom. The maximum atomic E-state index is 3.53. The van der Waals surface area contributed by atoms with Crippen molar-refractivity contribution < 1.29 is 0 Å². The van der Waals surface area contributed by atoms with E-state index in [9.17, 15) is 0 Å². The van der Waals surface area contributed by atoms with E-state index in [2.05, 4.69) is 33.0 Å². The van der Waals surface area contributed by atoms with Crippen LogP contribution in [-0.2, 0) is 0 Å². The van der Waals surface area contributed by atoms with Crippen LogP contribution in [0.5, 0.6) is 0 Å². The van der Waals surface area contributed by atoms with Gasteiger partial charge in [-0.1, -0.05) is 59.8 Å². The highest BCUT2D eigenvalue weighted by Crippen LogP contribution is 2.10. The zero-order valence-electron chi connectivity index (χ0n) is 12.0. The molecule has 0 aromatic heterocycles. The first-order valence-electron chi connectivity index (χ1n) is 7.33. The smallest absolute Gasteiger partial charge is 0.00465 e. The Hall–Kier alpha value is -0.0400. The van der Waals surface area contributed by atoms with Crippen molar-refractivity contribution in [2.75, 3.05) is 13.1 Å². The van der Waals surface area contributed by atoms with Crippen molar-refractivity contribution in [3.05, 3.63) is 0 Å². The van der Waals surface area contributed by atoms with E-state index in [1.807, 2.05) is 0 Å². The number of hydrogen-bond donors (Lipinski definition) is 1. The van der Waals surface area contributed by atoms with Gasteiger partial charge in [0.05, 0.1) is 0 Å². The molecule has 0 bridgehead atoms. The van der Waals surface area contributed by atoms with Crippen LogP contribution in [0.4, 0.5) is 0 Å². The van der Waals surface area contributed by atoms with Crippen LogP contribution in [-0.4, -0.2) is 13.1 Å². The van der Waals surface area contributed by atoms with Gasteiger partial charge in [-0.2, -0.15) is 0 Å². The molecule has 1 nitrogen and oxygen atoms in total. The minimum absolute atomic E-state index is 0.837. The van der Waals surface area contributed by atoms with Gasteiger partial charge in [-0.3, -0.25) is 0 Å². The van der Waals surface area contributed by atoms with E-state index in [0.717, 1.165) is 11.8 Å². The monoisotopic (exact) mass is 227 g/mol. The summed E-state index contributed by atoms with van der Waals surface area (Å²) in [6.45, 7) is 11.6. The van der Waals surface area contributed by atoms with E-state index in [0.29, 0.717) is 0 Å². The summed E-state index contributed by atoms with van der Waals surface area (Å²) in [6, 6.07) is 0. The Morgan fingerprint density at radius 2 is 1.19 bits per heavy atom. The highest BCUT2D eigenvalue weighted by molar-refractivity contribution is 4.53. The standard InChI is InChI=1S/C15H33N/c1-14(2)10-8-6-5-7-9-12-16-13-11-15(3)4/h14-16H,5-13H2,1-4H3. The molecule has 98 valence electrons. The first-order chi connectivity index (χ1) is 7.63. The minimum Gasteiger partial charge on any atom is -0.317 e. The largest absolute Gasteiger partial charge is 0.317 e. The normalized spacial score (nSPS) is 11.6. The lowest BCUT2D eigenvalue weighted by Crippen LogP contribution is -2.17. The van der Waals surface area contributed by atoms with Crippen molar-refractivity contribution in [2.24, 2.45) is 11.8 Å². The molecule has 0 aromatic carbocycles. The van der Waals surface area contributed by atoms with Crippen molar-refractivity contribution in [1.29, 1.82) is 0 Å². The third-order valence-corrected chi connectivity index (χ3v) is 3.03. The molecule has 0 saturated carbocycles. The molecule has 0 heterocycles. The molecule has 0 aliphatic heterocycles. The van der Waals surface area contributed by atoms with Crippen molar-refractivity contribution in [3.8, 4) is 0 Å². The Labute approximate surface area is 103 Å². The first kappa shape index (κ1) is 16.0.